The summed E-state index contributed by atoms with van der Waals surface area (Å²) in [7, 11) is -3.37. The van der Waals surface area contributed by atoms with Crippen LogP contribution in [0.25, 0.3) is 0 Å². The Bertz CT molecular complexity index is 561. The van der Waals surface area contributed by atoms with E-state index in [0.29, 0.717) is 6.54 Å². The molecule has 3 nitrogen and oxygen atoms in total. The molecule has 1 heterocycles. The first-order chi connectivity index (χ1) is 8.54. The van der Waals surface area contributed by atoms with Gasteiger partial charge in [0.25, 0.3) is 0 Å². The molecule has 1 saturated carbocycles. The van der Waals surface area contributed by atoms with Gasteiger partial charge in [-0.1, -0.05) is 18.2 Å². The predicted octanol–water partition coefficient (Wildman–Crippen LogP) is 2.28. The molecule has 18 heavy (non-hydrogen) atoms. The van der Waals surface area contributed by atoms with Crippen LogP contribution in [-0.2, 0) is 15.8 Å². The minimum absolute atomic E-state index is 0.107. The van der Waals surface area contributed by atoms with Crippen LogP contribution in [0.1, 0.15) is 31.2 Å². The van der Waals surface area contributed by atoms with Gasteiger partial charge in [-0.25, -0.2) is 12.8 Å². The van der Waals surface area contributed by atoms with Gasteiger partial charge < -0.3 is 0 Å². The fourth-order valence-corrected chi connectivity index (χ4v) is 4.94. The van der Waals surface area contributed by atoms with Gasteiger partial charge in [-0.3, -0.25) is 0 Å². The van der Waals surface area contributed by atoms with Crippen LogP contribution in [0.4, 0.5) is 4.39 Å². The van der Waals surface area contributed by atoms with Gasteiger partial charge in [0.05, 0.1) is 5.75 Å². The third-order valence-electron chi connectivity index (χ3n) is 4.23. The monoisotopic (exact) mass is 269 g/mol. The molecule has 3 rings (SSSR count). The summed E-state index contributed by atoms with van der Waals surface area (Å²) in [5.74, 6) is -0.661. The van der Waals surface area contributed by atoms with E-state index in [9.17, 15) is 12.8 Å². The Morgan fingerprint density at radius 1 is 1.22 bits per heavy atom. The standard InChI is InChI=1S/C13H16FNO2S/c14-12-5-2-1-4-11(12)10-18(16,17)15-9-8-13(15)6-3-7-13/h1-2,4-5H,3,6-10H2. The van der Waals surface area contributed by atoms with E-state index in [-0.39, 0.29) is 16.9 Å². The summed E-state index contributed by atoms with van der Waals surface area (Å²) >= 11 is 0. The second-order valence-corrected chi connectivity index (χ2v) is 7.14. The fourth-order valence-electron chi connectivity index (χ4n) is 2.93. The van der Waals surface area contributed by atoms with Crippen molar-refractivity contribution < 1.29 is 12.8 Å². The van der Waals surface area contributed by atoms with Gasteiger partial charge in [0.1, 0.15) is 5.82 Å². The van der Waals surface area contributed by atoms with E-state index < -0.39 is 15.8 Å². The molecule has 1 aromatic carbocycles. The molecule has 1 spiro atoms. The summed E-state index contributed by atoms with van der Waals surface area (Å²) in [5, 5.41) is 0. The SMILES string of the molecule is O=S(=O)(Cc1ccccc1F)N1CCC12CCC2. The van der Waals surface area contributed by atoms with E-state index in [0.717, 1.165) is 25.7 Å². The molecule has 1 aromatic rings. The van der Waals surface area contributed by atoms with E-state index in [4.69, 9.17) is 0 Å². The number of rotatable bonds is 3. The second-order valence-electron chi connectivity index (χ2n) is 5.25. The van der Waals surface area contributed by atoms with Crippen molar-refractivity contribution in [3.8, 4) is 0 Å². The van der Waals surface area contributed by atoms with Crippen LogP contribution in [-0.4, -0.2) is 24.8 Å². The van der Waals surface area contributed by atoms with Crippen LogP contribution in [0, 0.1) is 5.82 Å². The summed E-state index contributed by atoms with van der Waals surface area (Å²) in [5.41, 5.74) is 0.156. The topological polar surface area (TPSA) is 37.4 Å². The number of sulfonamides is 1. The number of nitrogens with zero attached hydrogens (tertiary/aromatic N) is 1. The zero-order valence-corrected chi connectivity index (χ0v) is 10.9. The van der Waals surface area contributed by atoms with Crippen LogP contribution in [0.2, 0.25) is 0 Å². The molecule has 1 aliphatic carbocycles. The van der Waals surface area contributed by atoms with Crippen molar-refractivity contribution >= 4 is 10.0 Å². The fraction of sp³-hybridized carbons (Fsp3) is 0.538. The lowest BCUT2D eigenvalue weighted by molar-refractivity contribution is -0.00310. The van der Waals surface area contributed by atoms with Gasteiger partial charge in [-0.15, -0.1) is 0 Å². The van der Waals surface area contributed by atoms with Crippen molar-refractivity contribution in [2.75, 3.05) is 6.54 Å². The van der Waals surface area contributed by atoms with Gasteiger partial charge in [-0.05, 0) is 31.7 Å². The highest BCUT2D eigenvalue weighted by Crippen LogP contribution is 2.48. The van der Waals surface area contributed by atoms with E-state index in [1.165, 1.54) is 6.07 Å². The molecule has 0 radical (unpaired) electrons. The first-order valence-corrected chi connectivity index (χ1v) is 7.88. The van der Waals surface area contributed by atoms with E-state index in [1.54, 1.807) is 22.5 Å². The van der Waals surface area contributed by atoms with Crippen molar-refractivity contribution in [1.29, 1.82) is 0 Å². The van der Waals surface area contributed by atoms with Crippen molar-refractivity contribution in [2.24, 2.45) is 0 Å². The van der Waals surface area contributed by atoms with Crippen LogP contribution >= 0.6 is 0 Å². The Balaban J connectivity index is 1.82. The van der Waals surface area contributed by atoms with E-state index in [2.05, 4.69) is 0 Å². The van der Waals surface area contributed by atoms with Gasteiger partial charge in [-0.2, -0.15) is 4.31 Å². The minimum Gasteiger partial charge on any atom is -0.212 e. The molecule has 0 amide bonds. The number of benzene rings is 1. The minimum atomic E-state index is -3.37. The molecule has 0 unspecified atom stereocenters. The van der Waals surface area contributed by atoms with Crippen molar-refractivity contribution in [3.05, 3.63) is 35.6 Å². The second kappa shape index (κ2) is 4.03. The summed E-state index contributed by atoms with van der Waals surface area (Å²) in [6.45, 7) is 0.594. The summed E-state index contributed by atoms with van der Waals surface area (Å²) < 4.78 is 39.7. The smallest absolute Gasteiger partial charge is 0.212 e. The highest BCUT2D eigenvalue weighted by atomic mass is 32.2. The zero-order chi connectivity index (χ0) is 12.8. The first-order valence-electron chi connectivity index (χ1n) is 6.27. The largest absolute Gasteiger partial charge is 0.218 e. The van der Waals surface area contributed by atoms with Crippen LogP contribution in [0.3, 0.4) is 0 Å². The molecule has 98 valence electrons. The predicted molar refractivity (Wildman–Crippen MR) is 66.9 cm³/mol. The van der Waals surface area contributed by atoms with Crippen LogP contribution < -0.4 is 0 Å². The Hall–Kier alpha value is -0.940. The molecule has 0 aromatic heterocycles. The van der Waals surface area contributed by atoms with E-state index in [1.807, 2.05) is 0 Å². The lowest BCUT2D eigenvalue weighted by Crippen LogP contribution is -2.65. The van der Waals surface area contributed by atoms with Crippen molar-refractivity contribution in [3.63, 3.8) is 0 Å². The van der Waals surface area contributed by atoms with Crippen LogP contribution in [0.15, 0.2) is 24.3 Å². The molecular formula is C13H16FNO2S. The average Bonchev–Trinajstić information content (AvgIpc) is 2.16. The highest BCUT2D eigenvalue weighted by Gasteiger charge is 2.54. The van der Waals surface area contributed by atoms with Gasteiger partial charge in [0.15, 0.2) is 0 Å². The molecule has 1 saturated heterocycles. The molecule has 1 aliphatic heterocycles. The quantitative estimate of drug-likeness (QED) is 0.844. The Morgan fingerprint density at radius 2 is 1.94 bits per heavy atom. The normalized spacial score (nSPS) is 22.5. The lowest BCUT2D eigenvalue weighted by atomic mass is 9.70. The maximum absolute atomic E-state index is 13.5. The highest BCUT2D eigenvalue weighted by molar-refractivity contribution is 7.88. The van der Waals surface area contributed by atoms with Gasteiger partial charge in [0, 0.05) is 17.6 Å². The maximum atomic E-state index is 13.5. The third-order valence-corrected chi connectivity index (χ3v) is 6.14. The Labute approximate surface area is 107 Å². The van der Waals surface area contributed by atoms with Crippen molar-refractivity contribution in [1.82, 2.24) is 4.31 Å². The molecular weight excluding hydrogens is 253 g/mol. The van der Waals surface area contributed by atoms with Gasteiger partial charge in [0.2, 0.25) is 10.0 Å². The summed E-state index contributed by atoms with van der Waals surface area (Å²) in [6.07, 6.45) is 3.99. The number of hydrogen-bond acceptors (Lipinski definition) is 2. The Morgan fingerprint density at radius 3 is 2.44 bits per heavy atom. The van der Waals surface area contributed by atoms with Crippen LogP contribution in [0.5, 0.6) is 0 Å². The lowest BCUT2D eigenvalue weighted by Gasteiger charge is -2.57. The molecule has 0 N–H and O–H groups in total. The zero-order valence-electron chi connectivity index (χ0n) is 10.1. The Kier molecular flexibility index (Phi) is 2.71. The van der Waals surface area contributed by atoms with Crippen molar-refractivity contribution in [2.45, 2.75) is 37.0 Å². The molecule has 0 atom stereocenters. The third kappa shape index (κ3) is 1.77. The maximum Gasteiger partial charge on any atom is 0.218 e. The number of hydrogen-bond donors (Lipinski definition) is 0. The molecule has 0 bridgehead atoms. The molecule has 2 aliphatic rings. The summed E-state index contributed by atoms with van der Waals surface area (Å²) in [6, 6.07) is 6.09. The first kappa shape index (κ1) is 12.1. The number of halogens is 1. The summed E-state index contributed by atoms with van der Waals surface area (Å²) in [4.78, 5) is 0. The van der Waals surface area contributed by atoms with Gasteiger partial charge >= 0.3 is 0 Å². The molecule has 5 heteroatoms. The van der Waals surface area contributed by atoms with E-state index >= 15 is 0 Å². The average molecular weight is 269 g/mol. The molecule has 2 fully saturated rings.